The molecule has 242 valence electrons. The van der Waals surface area contributed by atoms with E-state index in [0.29, 0.717) is 29.3 Å². The Labute approximate surface area is 253 Å². The van der Waals surface area contributed by atoms with Crippen molar-refractivity contribution in [1.29, 1.82) is 0 Å². The number of nitrogens with zero attached hydrogens (tertiary/aromatic N) is 3. The number of benzene rings is 2. The van der Waals surface area contributed by atoms with Crippen LogP contribution in [0.1, 0.15) is 66.8 Å². The molecule has 0 aliphatic carbocycles. The van der Waals surface area contributed by atoms with E-state index in [2.05, 4.69) is 18.7 Å². The van der Waals surface area contributed by atoms with E-state index in [4.69, 9.17) is 0 Å². The zero-order valence-corrected chi connectivity index (χ0v) is 25.2. The first kappa shape index (κ1) is 33.7. The molecule has 0 radical (unpaired) electrons. The third-order valence-corrected chi connectivity index (χ3v) is 8.93. The van der Waals surface area contributed by atoms with Crippen molar-refractivity contribution in [3.63, 3.8) is 0 Å². The van der Waals surface area contributed by atoms with Crippen LogP contribution < -0.4 is 0 Å². The smallest absolute Gasteiger partial charge is 0.342 e. The summed E-state index contributed by atoms with van der Waals surface area (Å²) in [6.07, 6.45) is -8.33. The maximum atomic E-state index is 14.0. The fraction of sp³-hybridized carbons (Fsp3) is 0.562. The van der Waals surface area contributed by atoms with E-state index in [-0.39, 0.29) is 43.0 Å². The average Bonchev–Trinajstić information content (AvgIpc) is 2.95. The SMILES string of the molecule is Cc1cc(F)ccc1C1CN(C(=O)C2CCN(C(C)C)CC2)CCC1C(=O)N(C)Cc1cc(C(F)(F)F)cc(C(F)(F)F)c1. The molecule has 0 saturated carbocycles. The van der Waals surface area contributed by atoms with Gasteiger partial charge in [0.2, 0.25) is 11.8 Å². The highest BCUT2D eigenvalue weighted by Crippen LogP contribution is 2.39. The quantitative estimate of drug-likeness (QED) is 0.328. The van der Waals surface area contributed by atoms with Crippen LogP contribution in [0.25, 0.3) is 0 Å². The standard InChI is InChI=1S/C32H38F7N3O2/c1-19(2)41-10-7-22(8-11-41)29(43)42-12-9-27(28(18-42)26-6-5-25(33)13-20(26)3)30(44)40(4)17-21-14-23(31(34,35)36)16-24(15-21)32(37,38)39/h5-6,13-16,19,22,27-28H,7-12,17-18H2,1-4H3. The number of piperidine rings is 2. The van der Waals surface area contributed by atoms with Crippen LogP contribution in [-0.4, -0.2) is 65.8 Å². The fourth-order valence-corrected chi connectivity index (χ4v) is 6.48. The molecule has 44 heavy (non-hydrogen) atoms. The number of likely N-dealkylation sites (tertiary alicyclic amines) is 2. The molecular weight excluding hydrogens is 591 g/mol. The number of hydrogen-bond acceptors (Lipinski definition) is 3. The molecule has 2 heterocycles. The van der Waals surface area contributed by atoms with E-state index in [9.17, 15) is 40.3 Å². The average molecular weight is 630 g/mol. The van der Waals surface area contributed by atoms with Gasteiger partial charge in [-0.2, -0.15) is 26.3 Å². The lowest BCUT2D eigenvalue weighted by Crippen LogP contribution is -2.50. The van der Waals surface area contributed by atoms with Crippen molar-refractivity contribution in [3.8, 4) is 0 Å². The normalized spacial score (nSPS) is 20.7. The zero-order chi connectivity index (χ0) is 32.6. The van der Waals surface area contributed by atoms with Gasteiger partial charge in [0.25, 0.3) is 0 Å². The fourth-order valence-electron chi connectivity index (χ4n) is 6.48. The number of aryl methyl sites for hydroxylation is 1. The van der Waals surface area contributed by atoms with E-state index < -0.39 is 53.6 Å². The summed E-state index contributed by atoms with van der Waals surface area (Å²) in [5.74, 6) is -2.34. The van der Waals surface area contributed by atoms with Crippen LogP contribution in [0.4, 0.5) is 30.7 Å². The number of rotatable bonds is 6. The van der Waals surface area contributed by atoms with E-state index >= 15 is 0 Å². The zero-order valence-electron chi connectivity index (χ0n) is 25.2. The summed E-state index contributed by atoms with van der Waals surface area (Å²) in [5, 5.41) is 0. The molecule has 2 aliphatic rings. The first-order valence-corrected chi connectivity index (χ1v) is 14.8. The number of hydrogen-bond donors (Lipinski definition) is 0. The van der Waals surface area contributed by atoms with E-state index in [0.717, 1.165) is 30.8 Å². The molecule has 2 aliphatic heterocycles. The van der Waals surface area contributed by atoms with Gasteiger partial charge in [-0.05, 0) is 100 Å². The topological polar surface area (TPSA) is 43.9 Å². The molecule has 2 atom stereocenters. The van der Waals surface area contributed by atoms with Gasteiger partial charge in [0.1, 0.15) is 5.82 Å². The molecular formula is C32H38F7N3O2. The Morgan fingerprint density at radius 1 is 0.909 bits per heavy atom. The van der Waals surface area contributed by atoms with Crippen LogP contribution in [-0.2, 0) is 28.5 Å². The summed E-state index contributed by atoms with van der Waals surface area (Å²) < 4.78 is 94.5. The van der Waals surface area contributed by atoms with E-state index in [1.54, 1.807) is 17.9 Å². The van der Waals surface area contributed by atoms with Gasteiger partial charge in [0.05, 0.1) is 11.1 Å². The third kappa shape index (κ3) is 7.73. The Kier molecular flexibility index (Phi) is 10.0. The van der Waals surface area contributed by atoms with Crippen molar-refractivity contribution < 1.29 is 40.3 Å². The number of amides is 2. The lowest BCUT2D eigenvalue weighted by atomic mass is 9.77. The highest BCUT2D eigenvalue weighted by molar-refractivity contribution is 5.82. The van der Waals surface area contributed by atoms with Crippen molar-refractivity contribution in [3.05, 3.63) is 70.0 Å². The maximum absolute atomic E-state index is 14.0. The number of alkyl halides is 6. The maximum Gasteiger partial charge on any atom is 0.416 e. The van der Waals surface area contributed by atoms with Gasteiger partial charge >= 0.3 is 12.4 Å². The second kappa shape index (κ2) is 13.1. The van der Waals surface area contributed by atoms with Gasteiger partial charge < -0.3 is 14.7 Å². The van der Waals surface area contributed by atoms with Crippen LogP contribution >= 0.6 is 0 Å². The van der Waals surface area contributed by atoms with Gasteiger partial charge in [-0.25, -0.2) is 4.39 Å². The molecule has 0 spiro atoms. The number of carbonyl (C=O) groups is 2. The summed E-state index contributed by atoms with van der Waals surface area (Å²) in [7, 11) is 1.34. The van der Waals surface area contributed by atoms with Gasteiger partial charge in [-0.15, -0.1) is 0 Å². The van der Waals surface area contributed by atoms with E-state index in [1.165, 1.54) is 19.2 Å². The Balaban J connectivity index is 1.57. The highest BCUT2D eigenvalue weighted by Gasteiger charge is 2.41. The predicted octanol–water partition coefficient (Wildman–Crippen LogP) is 6.88. The monoisotopic (exact) mass is 629 g/mol. The van der Waals surface area contributed by atoms with Crippen molar-refractivity contribution in [1.82, 2.24) is 14.7 Å². The number of halogens is 7. The van der Waals surface area contributed by atoms with E-state index in [1.807, 2.05) is 0 Å². The molecule has 4 rings (SSSR count). The second-order valence-corrected chi connectivity index (χ2v) is 12.3. The van der Waals surface area contributed by atoms with Gasteiger partial charge in [-0.1, -0.05) is 6.07 Å². The molecule has 2 unspecified atom stereocenters. The molecule has 2 amide bonds. The summed E-state index contributed by atoms with van der Waals surface area (Å²) in [4.78, 5) is 32.6. The van der Waals surface area contributed by atoms with Crippen LogP contribution in [0.2, 0.25) is 0 Å². The lowest BCUT2D eigenvalue weighted by molar-refractivity contribution is -0.144. The van der Waals surface area contributed by atoms with Crippen molar-refractivity contribution in [2.45, 2.75) is 70.9 Å². The summed E-state index contributed by atoms with van der Waals surface area (Å²) in [6.45, 7) is 7.53. The minimum absolute atomic E-state index is 0.000991. The Hall–Kier alpha value is -3.15. The largest absolute Gasteiger partial charge is 0.416 e. The molecule has 0 aromatic heterocycles. The molecule has 2 aromatic carbocycles. The minimum atomic E-state index is -5.01. The molecule has 0 N–H and O–H groups in total. The molecule has 2 fully saturated rings. The molecule has 5 nitrogen and oxygen atoms in total. The Morgan fingerprint density at radius 3 is 2.02 bits per heavy atom. The van der Waals surface area contributed by atoms with Crippen molar-refractivity contribution >= 4 is 11.8 Å². The van der Waals surface area contributed by atoms with Crippen LogP contribution in [0.3, 0.4) is 0 Å². The lowest BCUT2D eigenvalue weighted by Gasteiger charge is -2.42. The summed E-state index contributed by atoms with van der Waals surface area (Å²) >= 11 is 0. The Morgan fingerprint density at radius 2 is 1.50 bits per heavy atom. The highest BCUT2D eigenvalue weighted by atomic mass is 19.4. The summed E-state index contributed by atoms with van der Waals surface area (Å²) in [5.41, 5.74) is -1.95. The first-order chi connectivity index (χ1) is 20.5. The predicted molar refractivity (Wildman–Crippen MR) is 151 cm³/mol. The number of carbonyl (C=O) groups excluding carboxylic acids is 2. The second-order valence-electron chi connectivity index (χ2n) is 12.3. The van der Waals surface area contributed by atoms with Crippen LogP contribution in [0, 0.1) is 24.6 Å². The molecule has 2 saturated heterocycles. The first-order valence-electron chi connectivity index (χ1n) is 14.8. The minimum Gasteiger partial charge on any atom is -0.342 e. The Bertz CT molecular complexity index is 1320. The molecule has 2 aromatic rings. The molecule has 12 heteroatoms. The van der Waals surface area contributed by atoms with Crippen LogP contribution in [0.5, 0.6) is 0 Å². The van der Waals surface area contributed by atoms with Gasteiger partial charge in [-0.3, -0.25) is 9.59 Å². The van der Waals surface area contributed by atoms with Crippen molar-refractivity contribution in [2.24, 2.45) is 11.8 Å². The van der Waals surface area contributed by atoms with Crippen LogP contribution in [0.15, 0.2) is 36.4 Å². The summed E-state index contributed by atoms with van der Waals surface area (Å²) in [6, 6.07) is 5.86. The third-order valence-electron chi connectivity index (χ3n) is 8.93. The van der Waals surface area contributed by atoms with Gasteiger partial charge in [0.15, 0.2) is 0 Å². The van der Waals surface area contributed by atoms with Gasteiger partial charge in [0, 0.05) is 50.5 Å². The molecule has 0 bridgehead atoms. The van der Waals surface area contributed by atoms with Crippen molar-refractivity contribution in [2.75, 3.05) is 33.2 Å².